The van der Waals surface area contributed by atoms with Crippen LogP contribution in [-0.2, 0) is 11.3 Å². The third-order valence-corrected chi connectivity index (χ3v) is 5.92. The van der Waals surface area contributed by atoms with Crippen molar-refractivity contribution in [1.29, 1.82) is 0 Å². The number of para-hydroxylation sites is 1. The van der Waals surface area contributed by atoms with Crippen LogP contribution in [0, 0.1) is 5.92 Å². The molecule has 2 aromatic rings. The van der Waals surface area contributed by atoms with Crippen molar-refractivity contribution in [2.24, 2.45) is 5.92 Å². The molecule has 1 heterocycles. The van der Waals surface area contributed by atoms with Crippen LogP contribution in [0.1, 0.15) is 36.9 Å². The highest BCUT2D eigenvalue weighted by atomic mass is 35.5. The molecule has 1 fully saturated rings. The number of hydrogen-bond acceptors (Lipinski definition) is 3. The third-order valence-electron chi connectivity index (χ3n) is 5.33. The van der Waals surface area contributed by atoms with Gasteiger partial charge in [0.2, 0.25) is 5.91 Å². The van der Waals surface area contributed by atoms with E-state index in [4.69, 9.17) is 27.9 Å². The number of piperidine rings is 1. The first kappa shape index (κ1) is 21.0. The van der Waals surface area contributed by atoms with E-state index in [0.717, 1.165) is 49.4 Å². The van der Waals surface area contributed by atoms with Gasteiger partial charge >= 0.3 is 0 Å². The molecule has 0 saturated carbocycles. The lowest BCUT2D eigenvalue weighted by atomic mass is 9.94. The summed E-state index contributed by atoms with van der Waals surface area (Å²) in [5.41, 5.74) is 2.06. The lowest BCUT2D eigenvalue weighted by Crippen LogP contribution is -2.41. The Morgan fingerprint density at radius 2 is 1.93 bits per heavy atom. The Kier molecular flexibility index (Phi) is 7.22. The molecule has 4 nitrogen and oxygen atoms in total. The predicted molar refractivity (Wildman–Crippen MR) is 114 cm³/mol. The van der Waals surface area contributed by atoms with E-state index >= 15 is 0 Å². The number of carbonyl (C=O) groups excluding carboxylic acids is 1. The first-order chi connectivity index (χ1) is 13.5. The van der Waals surface area contributed by atoms with E-state index in [1.165, 1.54) is 0 Å². The van der Waals surface area contributed by atoms with Crippen LogP contribution in [0.25, 0.3) is 0 Å². The number of hydrogen-bond donors (Lipinski definition) is 1. The van der Waals surface area contributed by atoms with Gasteiger partial charge in [-0.15, -0.1) is 0 Å². The highest BCUT2D eigenvalue weighted by molar-refractivity contribution is 6.35. The van der Waals surface area contributed by atoms with Crippen LogP contribution in [0.5, 0.6) is 5.75 Å². The highest BCUT2D eigenvalue weighted by Crippen LogP contribution is 2.27. The summed E-state index contributed by atoms with van der Waals surface area (Å²) in [5.74, 6) is 0.946. The molecule has 1 aliphatic rings. The molecular formula is C22H26Cl2N2O2. The first-order valence-corrected chi connectivity index (χ1v) is 10.3. The maximum atomic E-state index is 12.7. The van der Waals surface area contributed by atoms with Crippen LogP contribution in [0.3, 0.4) is 0 Å². The molecule has 1 aliphatic heterocycles. The van der Waals surface area contributed by atoms with Gasteiger partial charge in [0.05, 0.1) is 13.2 Å². The quantitative estimate of drug-likeness (QED) is 0.707. The Morgan fingerprint density at radius 3 is 2.61 bits per heavy atom. The minimum atomic E-state index is -0.0884. The number of carbonyl (C=O) groups is 1. The van der Waals surface area contributed by atoms with Gasteiger partial charge in [-0.3, -0.25) is 9.69 Å². The Morgan fingerprint density at radius 1 is 1.21 bits per heavy atom. The highest BCUT2D eigenvalue weighted by Gasteiger charge is 2.26. The molecule has 1 saturated heterocycles. The molecule has 0 radical (unpaired) electrons. The van der Waals surface area contributed by atoms with E-state index in [9.17, 15) is 4.79 Å². The zero-order valence-electron chi connectivity index (χ0n) is 16.3. The number of ether oxygens (including phenoxy) is 1. The van der Waals surface area contributed by atoms with Crippen molar-refractivity contribution < 1.29 is 9.53 Å². The number of benzene rings is 2. The Balaban J connectivity index is 1.52. The van der Waals surface area contributed by atoms with Gasteiger partial charge in [-0.25, -0.2) is 0 Å². The fourth-order valence-electron chi connectivity index (χ4n) is 3.68. The minimum Gasteiger partial charge on any atom is -0.496 e. The molecule has 2 aromatic carbocycles. The van der Waals surface area contributed by atoms with Gasteiger partial charge in [0, 0.05) is 28.1 Å². The topological polar surface area (TPSA) is 41.6 Å². The van der Waals surface area contributed by atoms with Crippen LogP contribution < -0.4 is 10.1 Å². The summed E-state index contributed by atoms with van der Waals surface area (Å²) in [5, 5.41) is 4.49. The van der Waals surface area contributed by atoms with Crippen LogP contribution in [0.2, 0.25) is 10.0 Å². The lowest BCUT2D eigenvalue weighted by Gasteiger charge is -2.32. The van der Waals surface area contributed by atoms with Crippen molar-refractivity contribution in [3.63, 3.8) is 0 Å². The van der Waals surface area contributed by atoms with Gasteiger partial charge in [0.1, 0.15) is 5.75 Å². The molecule has 28 heavy (non-hydrogen) atoms. The van der Waals surface area contributed by atoms with Gasteiger partial charge < -0.3 is 10.1 Å². The summed E-state index contributed by atoms with van der Waals surface area (Å²) in [6.07, 6.45) is 1.69. The molecular weight excluding hydrogens is 395 g/mol. The second-order valence-electron chi connectivity index (χ2n) is 7.26. The predicted octanol–water partition coefficient (Wildman–Crippen LogP) is 5.09. The molecule has 6 heteroatoms. The normalized spacial score (nSPS) is 16.6. The largest absolute Gasteiger partial charge is 0.496 e. The van der Waals surface area contributed by atoms with Crippen molar-refractivity contribution in [1.82, 2.24) is 10.2 Å². The molecule has 0 aliphatic carbocycles. The van der Waals surface area contributed by atoms with E-state index in [0.29, 0.717) is 10.0 Å². The average Bonchev–Trinajstić information content (AvgIpc) is 2.70. The monoisotopic (exact) mass is 420 g/mol. The summed E-state index contributed by atoms with van der Waals surface area (Å²) in [6.45, 7) is 4.52. The molecule has 3 rings (SSSR count). The van der Waals surface area contributed by atoms with E-state index in [2.05, 4.69) is 10.2 Å². The van der Waals surface area contributed by atoms with Crippen LogP contribution >= 0.6 is 23.2 Å². The lowest BCUT2D eigenvalue weighted by molar-refractivity contribution is -0.127. The summed E-state index contributed by atoms with van der Waals surface area (Å²) in [4.78, 5) is 15.1. The SMILES string of the molecule is COc1ccccc1[C@H](C)NC(=O)C1CCN(Cc2ccc(Cl)cc2Cl)CC1. The van der Waals surface area contributed by atoms with Crippen molar-refractivity contribution in [3.8, 4) is 5.75 Å². The second kappa shape index (κ2) is 9.64. The van der Waals surface area contributed by atoms with E-state index in [-0.39, 0.29) is 17.9 Å². The Bertz CT molecular complexity index is 820. The van der Waals surface area contributed by atoms with E-state index in [1.807, 2.05) is 43.3 Å². The summed E-state index contributed by atoms with van der Waals surface area (Å²) >= 11 is 12.3. The molecule has 1 N–H and O–H groups in total. The van der Waals surface area contributed by atoms with Crippen molar-refractivity contribution in [3.05, 3.63) is 63.6 Å². The van der Waals surface area contributed by atoms with Crippen LogP contribution in [0.15, 0.2) is 42.5 Å². The first-order valence-electron chi connectivity index (χ1n) is 9.57. The van der Waals surface area contributed by atoms with Crippen molar-refractivity contribution in [2.75, 3.05) is 20.2 Å². The minimum absolute atomic E-state index is 0.0362. The molecule has 0 aromatic heterocycles. The summed E-state index contributed by atoms with van der Waals surface area (Å²) < 4.78 is 5.40. The molecule has 1 atom stereocenters. The standard InChI is InChI=1S/C22H26Cl2N2O2/c1-15(19-5-3-4-6-21(19)28-2)25-22(27)16-9-11-26(12-10-16)14-17-7-8-18(23)13-20(17)24/h3-8,13,15-16H,9-12,14H2,1-2H3,(H,25,27)/t15-/m0/s1. The zero-order chi connectivity index (χ0) is 20.1. The molecule has 0 bridgehead atoms. The van der Waals surface area contributed by atoms with Crippen LogP contribution in [-0.4, -0.2) is 31.0 Å². The maximum absolute atomic E-state index is 12.7. The van der Waals surface area contributed by atoms with E-state index in [1.54, 1.807) is 13.2 Å². The van der Waals surface area contributed by atoms with Gasteiger partial charge in [0.25, 0.3) is 0 Å². The van der Waals surface area contributed by atoms with Gasteiger partial charge in [-0.1, -0.05) is 47.5 Å². The fraction of sp³-hybridized carbons (Fsp3) is 0.409. The number of nitrogens with zero attached hydrogens (tertiary/aromatic N) is 1. The molecule has 1 amide bonds. The van der Waals surface area contributed by atoms with Crippen LogP contribution in [0.4, 0.5) is 0 Å². The van der Waals surface area contributed by atoms with Crippen molar-refractivity contribution >= 4 is 29.1 Å². The summed E-state index contributed by atoms with van der Waals surface area (Å²) in [7, 11) is 1.65. The number of halogens is 2. The zero-order valence-corrected chi connectivity index (χ0v) is 17.8. The number of nitrogens with one attached hydrogen (secondary N) is 1. The summed E-state index contributed by atoms with van der Waals surface area (Å²) in [6, 6.07) is 13.3. The molecule has 0 unspecified atom stereocenters. The van der Waals surface area contributed by atoms with Gasteiger partial charge in [-0.2, -0.15) is 0 Å². The number of rotatable bonds is 6. The third kappa shape index (κ3) is 5.19. The maximum Gasteiger partial charge on any atom is 0.223 e. The fourth-order valence-corrected chi connectivity index (χ4v) is 4.15. The average molecular weight is 421 g/mol. The Hall–Kier alpha value is -1.75. The molecule has 0 spiro atoms. The van der Waals surface area contributed by atoms with Gasteiger partial charge in [-0.05, 0) is 56.6 Å². The van der Waals surface area contributed by atoms with Gasteiger partial charge in [0.15, 0.2) is 0 Å². The second-order valence-corrected chi connectivity index (χ2v) is 8.10. The number of amides is 1. The number of likely N-dealkylation sites (tertiary alicyclic amines) is 1. The smallest absolute Gasteiger partial charge is 0.223 e. The molecule has 150 valence electrons. The Labute approximate surface area is 176 Å². The number of methoxy groups -OCH3 is 1. The van der Waals surface area contributed by atoms with E-state index < -0.39 is 0 Å². The van der Waals surface area contributed by atoms with Crippen molar-refractivity contribution in [2.45, 2.75) is 32.4 Å².